The maximum absolute atomic E-state index is 13.8. The van der Waals surface area contributed by atoms with E-state index in [1.807, 2.05) is 0 Å². The number of ether oxygens (including phenoxy) is 3. The lowest BCUT2D eigenvalue weighted by Gasteiger charge is -2.25. The Morgan fingerprint density at radius 3 is 2.58 bits per heavy atom. The fourth-order valence-electron chi connectivity index (χ4n) is 3.99. The Bertz CT molecular complexity index is 1640. The van der Waals surface area contributed by atoms with Crippen LogP contribution in [0.1, 0.15) is 24.1 Å². The minimum Gasteiger partial charge on any atom is -0.493 e. The average molecular weight is 571 g/mol. The number of thiazole rings is 1. The average Bonchev–Trinajstić information content (AvgIpc) is 3.20. The van der Waals surface area contributed by atoms with Crippen LogP contribution in [0.25, 0.3) is 6.08 Å². The van der Waals surface area contributed by atoms with E-state index in [1.54, 1.807) is 55.5 Å². The molecule has 196 valence electrons. The summed E-state index contributed by atoms with van der Waals surface area (Å²) in [5.41, 5.74) is 1.58. The smallest absolute Gasteiger partial charge is 0.338 e. The number of fused-ring (bicyclic) bond motifs is 1. The third-order valence-corrected chi connectivity index (χ3v) is 7.23. The zero-order valence-corrected chi connectivity index (χ0v) is 23.0. The zero-order valence-electron chi connectivity index (χ0n) is 20.7. The lowest BCUT2D eigenvalue weighted by molar-refractivity contribution is -0.138. The molecule has 0 saturated heterocycles. The number of carbonyl (C=O) groups excluding carboxylic acids is 1. The van der Waals surface area contributed by atoms with Crippen LogP contribution in [0.3, 0.4) is 0 Å². The minimum absolute atomic E-state index is 0.0134. The molecule has 7 nitrogen and oxygen atoms in total. The Kier molecular flexibility index (Phi) is 8.56. The van der Waals surface area contributed by atoms with Crippen LogP contribution in [0.5, 0.6) is 11.5 Å². The maximum atomic E-state index is 13.8. The summed E-state index contributed by atoms with van der Waals surface area (Å²) < 4.78 is 18.5. The number of carbonyl (C=O) groups is 1. The van der Waals surface area contributed by atoms with Gasteiger partial charge in [-0.05, 0) is 48.4 Å². The second-order valence-corrected chi connectivity index (χ2v) is 10.00. The monoisotopic (exact) mass is 570 g/mol. The van der Waals surface area contributed by atoms with Crippen LogP contribution in [0.4, 0.5) is 0 Å². The third kappa shape index (κ3) is 5.48. The van der Waals surface area contributed by atoms with E-state index in [1.165, 1.54) is 29.1 Å². The number of allylic oxidation sites excluding steroid dienone is 1. The molecule has 2 heterocycles. The summed E-state index contributed by atoms with van der Waals surface area (Å²) in [5.74, 6) is 0.336. The van der Waals surface area contributed by atoms with Gasteiger partial charge in [-0.25, -0.2) is 9.79 Å². The Hall–Kier alpha value is -3.59. The molecule has 0 aliphatic carbocycles. The number of benzene rings is 2. The van der Waals surface area contributed by atoms with Gasteiger partial charge in [0.05, 0.1) is 29.0 Å². The zero-order chi connectivity index (χ0) is 27.4. The van der Waals surface area contributed by atoms with Crippen molar-refractivity contribution in [2.75, 3.05) is 20.3 Å². The molecule has 4 rings (SSSR count). The highest BCUT2D eigenvalue weighted by molar-refractivity contribution is 7.07. The van der Waals surface area contributed by atoms with Crippen molar-refractivity contribution in [3.05, 3.63) is 114 Å². The van der Waals surface area contributed by atoms with Crippen molar-refractivity contribution in [3.63, 3.8) is 0 Å². The molecule has 38 heavy (non-hydrogen) atoms. The van der Waals surface area contributed by atoms with Gasteiger partial charge in [0.2, 0.25) is 0 Å². The van der Waals surface area contributed by atoms with E-state index >= 15 is 0 Å². The molecule has 1 aliphatic rings. The molecule has 0 saturated carbocycles. The molecular weight excluding hydrogens is 547 g/mol. The molecular formula is C28H24Cl2N2O5S. The third-order valence-electron chi connectivity index (χ3n) is 5.68. The van der Waals surface area contributed by atoms with Gasteiger partial charge in [0.15, 0.2) is 16.3 Å². The standard InChI is InChI=1S/C28H24Cl2N2O5S/c1-5-11-36-21-10-8-18(13-22(21)35-4)25-24(27(34)37-12-6-2)16(3)31-28-32(25)26(33)23(38-28)14-17-7-9-19(29)15-20(17)30/h5-10,13-15,25H,1-2,11-12H2,3-4H3/b23-14-. The summed E-state index contributed by atoms with van der Waals surface area (Å²) in [6.45, 7) is 9.28. The highest BCUT2D eigenvalue weighted by Gasteiger charge is 2.34. The van der Waals surface area contributed by atoms with Gasteiger partial charge in [0.25, 0.3) is 5.56 Å². The van der Waals surface area contributed by atoms with E-state index in [9.17, 15) is 9.59 Å². The molecule has 0 radical (unpaired) electrons. The Morgan fingerprint density at radius 1 is 1.13 bits per heavy atom. The first-order chi connectivity index (χ1) is 18.3. The molecule has 10 heteroatoms. The second kappa shape index (κ2) is 11.9. The number of hydrogen-bond acceptors (Lipinski definition) is 7. The van der Waals surface area contributed by atoms with Gasteiger partial charge in [-0.3, -0.25) is 9.36 Å². The molecule has 0 bridgehead atoms. The first kappa shape index (κ1) is 27.4. The fraction of sp³-hybridized carbons (Fsp3) is 0.179. The summed E-state index contributed by atoms with van der Waals surface area (Å²) >= 11 is 13.6. The Balaban J connectivity index is 1.94. The van der Waals surface area contributed by atoms with Gasteiger partial charge in [-0.1, -0.05) is 72.0 Å². The first-order valence-corrected chi connectivity index (χ1v) is 13.0. The van der Waals surface area contributed by atoms with Crippen molar-refractivity contribution in [2.45, 2.75) is 13.0 Å². The number of rotatable bonds is 9. The largest absolute Gasteiger partial charge is 0.493 e. The van der Waals surface area contributed by atoms with Crippen LogP contribution >= 0.6 is 34.5 Å². The number of hydrogen-bond donors (Lipinski definition) is 0. The highest BCUT2D eigenvalue weighted by Crippen LogP contribution is 2.36. The van der Waals surface area contributed by atoms with E-state index in [2.05, 4.69) is 18.2 Å². The van der Waals surface area contributed by atoms with Gasteiger partial charge in [-0.15, -0.1) is 0 Å². The van der Waals surface area contributed by atoms with Crippen molar-refractivity contribution in [1.29, 1.82) is 0 Å². The van der Waals surface area contributed by atoms with Crippen molar-refractivity contribution >= 4 is 46.6 Å². The van der Waals surface area contributed by atoms with E-state index in [-0.39, 0.29) is 24.3 Å². The van der Waals surface area contributed by atoms with Crippen LogP contribution in [0, 0.1) is 0 Å². The lowest BCUT2D eigenvalue weighted by atomic mass is 9.95. The van der Waals surface area contributed by atoms with Crippen LogP contribution in [-0.4, -0.2) is 30.9 Å². The van der Waals surface area contributed by atoms with Crippen molar-refractivity contribution in [3.8, 4) is 11.5 Å². The molecule has 1 atom stereocenters. The molecule has 0 amide bonds. The molecule has 3 aromatic rings. The molecule has 2 aromatic carbocycles. The van der Waals surface area contributed by atoms with Gasteiger partial charge >= 0.3 is 5.97 Å². The predicted octanol–water partition coefficient (Wildman–Crippen LogP) is 4.84. The van der Waals surface area contributed by atoms with Crippen LogP contribution in [0.15, 0.2) is 82.8 Å². The molecule has 1 aliphatic heterocycles. The number of nitrogens with zero attached hydrogens (tertiary/aromatic N) is 2. The summed E-state index contributed by atoms with van der Waals surface area (Å²) in [5, 5.41) is 0.894. The number of methoxy groups -OCH3 is 1. The molecule has 0 spiro atoms. The number of halogens is 2. The van der Waals surface area contributed by atoms with E-state index in [4.69, 9.17) is 37.4 Å². The summed E-state index contributed by atoms with van der Waals surface area (Å²) in [4.78, 5) is 32.0. The lowest BCUT2D eigenvalue weighted by Crippen LogP contribution is -2.40. The van der Waals surface area contributed by atoms with Gasteiger partial charge in [0.1, 0.15) is 13.2 Å². The predicted molar refractivity (Wildman–Crippen MR) is 150 cm³/mol. The van der Waals surface area contributed by atoms with Gasteiger partial charge in [-0.2, -0.15) is 0 Å². The molecule has 0 fully saturated rings. The Morgan fingerprint density at radius 2 is 1.89 bits per heavy atom. The summed E-state index contributed by atoms with van der Waals surface area (Å²) in [6, 6.07) is 9.44. The first-order valence-electron chi connectivity index (χ1n) is 11.5. The SMILES string of the molecule is C=CCOC(=O)C1=C(C)N=c2s/c(=C\c3ccc(Cl)cc3Cl)c(=O)n2C1c1ccc(OCC=C)c(OC)c1. The van der Waals surface area contributed by atoms with Crippen LogP contribution < -0.4 is 24.4 Å². The molecule has 1 unspecified atom stereocenters. The molecule has 1 aromatic heterocycles. The fourth-order valence-corrected chi connectivity index (χ4v) is 5.49. The van der Waals surface area contributed by atoms with Crippen molar-refractivity contribution < 1.29 is 19.0 Å². The highest BCUT2D eigenvalue weighted by atomic mass is 35.5. The van der Waals surface area contributed by atoms with E-state index in [0.29, 0.717) is 47.7 Å². The minimum atomic E-state index is -0.825. The summed E-state index contributed by atoms with van der Waals surface area (Å²) in [7, 11) is 1.52. The van der Waals surface area contributed by atoms with Crippen molar-refractivity contribution in [2.24, 2.45) is 4.99 Å². The normalized spacial score (nSPS) is 14.9. The van der Waals surface area contributed by atoms with Gasteiger partial charge < -0.3 is 14.2 Å². The maximum Gasteiger partial charge on any atom is 0.338 e. The second-order valence-electron chi connectivity index (χ2n) is 8.14. The topological polar surface area (TPSA) is 79.1 Å². The van der Waals surface area contributed by atoms with E-state index in [0.717, 1.165) is 0 Å². The Labute approximate surface area is 233 Å². The van der Waals surface area contributed by atoms with Crippen LogP contribution in [-0.2, 0) is 9.53 Å². The van der Waals surface area contributed by atoms with E-state index < -0.39 is 12.0 Å². The van der Waals surface area contributed by atoms with Crippen LogP contribution in [0.2, 0.25) is 10.0 Å². The number of esters is 1. The molecule has 0 N–H and O–H groups in total. The van der Waals surface area contributed by atoms with Gasteiger partial charge in [0, 0.05) is 10.0 Å². The quantitative estimate of drug-likeness (QED) is 0.271. The number of aromatic nitrogens is 1. The summed E-state index contributed by atoms with van der Waals surface area (Å²) in [6.07, 6.45) is 4.78. The van der Waals surface area contributed by atoms with Crippen molar-refractivity contribution in [1.82, 2.24) is 4.57 Å².